The molecule has 7 N–H and O–H groups in total. The van der Waals surface area contributed by atoms with E-state index in [0.29, 0.717) is 28.2 Å². The first-order chi connectivity index (χ1) is 25.8. The van der Waals surface area contributed by atoms with Gasteiger partial charge in [0.05, 0.1) is 37.8 Å². The van der Waals surface area contributed by atoms with Crippen molar-refractivity contribution in [3.63, 3.8) is 0 Å². The van der Waals surface area contributed by atoms with Crippen LogP contribution in [0.1, 0.15) is 11.1 Å². The standard InChI is InChI=1S/C26H28N10O14S4/c1-45-25-33-21(27-9-11-51-49-47-37)31-24(36-25)30-18-8-6-16(20(14-18)54(42,43)44)4-3-15-5-7-17(13-19(15)52-50-48-38)29-23-32-22(34-26(35-23)46-2)28-10-12-53(39,40)41/h3-9,13-14,37-38H,10-12H2,1-2H3,(H,39,40,41)(H,42,43,44)(H,30,31,33,36)(H2,28,29,32,34,35). The Morgan fingerprint density at radius 3 is 2.04 bits per heavy atom. The van der Waals surface area contributed by atoms with Crippen LogP contribution in [0.3, 0.4) is 0 Å². The van der Waals surface area contributed by atoms with Crippen molar-refractivity contribution in [3.05, 3.63) is 47.5 Å². The molecule has 2 heterocycles. The molecular weight excluding hydrogens is 805 g/mol. The highest BCUT2D eigenvalue weighted by atomic mass is 32.2. The topological polar surface area (TPSA) is 330 Å². The van der Waals surface area contributed by atoms with Crippen molar-refractivity contribution in [1.82, 2.24) is 29.9 Å². The van der Waals surface area contributed by atoms with E-state index in [-0.39, 0.29) is 59.4 Å². The molecule has 0 aliphatic carbocycles. The van der Waals surface area contributed by atoms with Crippen LogP contribution in [0.2, 0.25) is 0 Å². The van der Waals surface area contributed by atoms with E-state index in [1.807, 2.05) is 0 Å². The maximum absolute atomic E-state index is 12.4. The summed E-state index contributed by atoms with van der Waals surface area (Å²) < 4.78 is 85.1. The van der Waals surface area contributed by atoms with Gasteiger partial charge in [-0.15, -0.1) is 8.67 Å². The van der Waals surface area contributed by atoms with Crippen molar-refractivity contribution in [3.8, 4) is 12.0 Å². The molecular formula is C26H28N10O14S4. The lowest BCUT2D eigenvalue weighted by atomic mass is 10.1. The van der Waals surface area contributed by atoms with E-state index < -0.39 is 30.9 Å². The minimum atomic E-state index is -4.79. The van der Waals surface area contributed by atoms with Crippen LogP contribution in [0.5, 0.6) is 12.0 Å². The Balaban J connectivity index is 1.58. The lowest BCUT2D eigenvalue weighted by molar-refractivity contribution is -0.432. The highest BCUT2D eigenvalue weighted by Gasteiger charge is 2.17. The molecule has 0 fully saturated rings. The van der Waals surface area contributed by atoms with Gasteiger partial charge in [0, 0.05) is 41.1 Å². The van der Waals surface area contributed by atoms with Gasteiger partial charge in [-0.2, -0.15) is 46.7 Å². The van der Waals surface area contributed by atoms with Crippen molar-refractivity contribution in [1.29, 1.82) is 0 Å². The third kappa shape index (κ3) is 13.5. The summed E-state index contributed by atoms with van der Waals surface area (Å²) >= 11 is 1.31. The van der Waals surface area contributed by atoms with Crippen molar-refractivity contribution in [2.45, 2.75) is 9.79 Å². The van der Waals surface area contributed by atoms with Crippen molar-refractivity contribution in [2.24, 2.45) is 4.99 Å². The van der Waals surface area contributed by atoms with Crippen molar-refractivity contribution >= 4 is 97.9 Å². The molecule has 0 spiro atoms. The molecule has 290 valence electrons. The number of ether oxygens (including phenoxy) is 2. The second kappa shape index (κ2) is 20.0. The Kier molecular flexibility index (Phi) is 15.5. The third-order valence-electron chi connectivity index (χ3n) is 6.07. The molecule has 28 heteroatoms. The van der Waals surface area contributed by atoms with Crippen LogP contribution < -0.4 is 25.4 Å². The van der Waals surface area contributed by atoms with Gasteiger partial charge in [-0.05, 0) is 35.4 Å². The first-order valence-electron chi connectivity index (χ1n) is 14.3. The summed E-state index contributed by atoms with van der Waals surface area (Å²) in [6, 6.07) is 8.46. The molecule has 0 atom stereocenters. The molecule has 0 radical (unpaired) electrons. The molecule has 2 aromatic heterocycles. The lowest BCUT2D eigenvalue weighted by Gasteiger charge is -2.11. The van der Waals surface area contributed by atoms with Gasteiger partial charge in [0.1, 0.15) is 4.90 Å². The molecule has 0 unspecified atom stereocenters. The summed E-state index contributed by atoms with van der Waals surface area (Å²) in [5, 5.41) is 32.6. The van der Waals surface area contributed by atoms with Gasteiger partial charge in [-0.3, -0.25) is 9.11 Å². The average molecular weight is 833 g/mol. The van der Waals surface area contributed by atoms with E-state index >= 15 is 0 Å². The van der Waals surface area contributed by atoms with Gasteiger partial charge in [-0.25, -0.2) is 15.5 Å². The zero-order valence-electron chi connectivity index (χ0n) is 27.5. The van der Waals surface area contributed by atoms with Crippen LogP contribution in [0.15, 0.2) is 51.2 Å². The molecule has 0 aliphatic heterocycles. The predicted octanol–water partition coefficient (Wildman–Crippen LogP) is 3.48. The number of hydrogen-bond acceptors (Lipinski definition) is 24. The molecule has 0 saturated heterocycles. The summed E-state index contributed by atoms with van der Waals surface area (Å²) in [6.07, 6.45) is 4.23. The van der Waals surface area contributed by atoms with Crippen LogP contribution >= 0.6 is 24.1 Å². The van der Waals surface area contributed by atoms with E-state index in [1.165, 1.54) is 50.8 Å². The van der Waals surface area contributed by atoms with Gasteiger partial charge < -0.3 is 25.4 Å². The summed E-state index contributed by atoms with van der Waals surface area (Å²) in [5.74, 6) is -0.710. The molecule has 0 saturated carbocycles. The minimum Gasteiger partial charge on any atom is -0.467 e. The van der Waals surface area contributed by atoms with Gasteiger partial charge in [0.2, 0.25) is 17.8 Å². The van der Waals surface area contributed by atoms with Crippen LogP contribution in [-0.4, -0.2) is 105 Å². The zero-order chi connectivity index (χ0) is 39.1. The second-order valence-electron chi connectivity index (χ2n) is 9.66. The first-order valence-corrected chi connectivity index (χ1v) is 19.0. The number of aromatic nitrogens is 6. The average Bonchev–Trinajstić information content (AvgIpc) is 3.12. The molecule has 4 rings (SSSR count). The summed E-state index contributed by atoms with van der Waals surface area (Å²) in [7, 11) is -6.41. The number of hydrogen-bond donors (Lipinski definition) is 7. The van der Waals surface area contributed by atoms with Crippen LogP contribution in [0.25, 0.3) is 12.2 Å². The predicted molar refractivity (Wildman–Crippen MR) is 192 cm³/mol. The minimum absolute atomic E-state index is 0.0280. The molecule has 0 aliphatic rings. The smallest absolute Gasteiger partial charge is 0.322 e. The van der Waals surface area contributed by atoms with E-state index in [0.717, 1.165) is 18.1 Å². The number of rotatable bonds is 21. The van der Waals surface area contributed by atoms with Crippen LogP contribution in [0.4, 0.5) is 35.2 Å². The fourth-order valence-electron chi connectivity index (χ4n) is 3.91. The summed E-state index contributed by atoms with van der Waals surface area (Å²) in [5.41, 5.74) is 1.01. The van der Waals surface area contributed by atoms with E-state index in [1.54, 1.807) is 12.1 Å². The monoisotopic (exact) mass is 832 g/mol. The van der Waals surface area contributed by atoms with E-state index in [4.69, 9.17) is 24.5 Å². The van der Waals surface area contributed by atoms with Gasteiger partial charge in [0.15, 0.2) is 0 Å². The Morgan fingerprint density at radius 1 is 0.778 bits per heavy atom. The molecule has 0 amide bonds. The Morgan fingerprint density at radius 2 is 1.39 bits per heavy atom. The first kappa shape index (κ1) is 41.9. The summed E-state index contributed by atoms with van der Waals surface area (Å²) in [6.45, 7) is -0.212. The van der Waals surface area contributed by atoms with Gasteiger partial charge >= 0.3 is 12.0 Å². The fourth-order valence-corrected chi connectivity index (χ4v) is 5.72. The SMILES string of the molecule is COc1nc(N=CCSOOO)nc(Nc2ccc(C=Cc3ccc(Nc4nc(NCCS(=O)(=O)O)nc(OC)n4)cc3SOOO)c(S(=O)(=O)O)c2)n1. The van der Waals surface area contributed by atoms with Crippen molar-refractivity contribution < 1.29 is 64.7 Å². The maximum atomic E-state index is 12.4. The Hall–Kier alpha value is -4.85. The third-order valence-corrected chi connectivity index (χ3v) is 8.80. The molecule has 54 heavy (non-hydrogen) atoms. The highest BCUT2D eigenvalue weighted by molar-refractivity contribution is 7.95. The van der Waals surface area contributed by atoms with Crippen LogP contribution in [0, 0.1) is 0 Å². The van der Waals surface area contributed by atoms with E-state index in [2.05, 4.69) is 69.6 Å². The normalized spacial score (nSPS) is 12.0. The number of methoxy groups -OCH3 is 2. The number of nitrogens with zero attached hydrogens (tertiary/aromatic N) is 7. The molecule has 0 bridgehead atoms. The van der Waals surface area contributed by atoms with Crippen molar-refractivity contribution in [2.75, 3.05) is 48.2 Å². The molecule has 24 nitrogen and oxygen atoms in total. The van der Waals surface area contributed by atoms with Gasteiger partial charge in [0.25, 0.3) is 26.2 Å². The quantitative estimate of drug-likeness (QED) is 0.0120. The lowest BCUT2D eigenvalue weighted by Crippen LogP contribution is -2.16. The number of nitrogens with one attached hydrogen (secondary N) is 3. The Labute approximate surface area is 314 Å². The summed E-state index contributed by atoms with van der Waals surface area (Å²) in [4.78, 5) is 28.2. The largest absolute Gasteiger partial charge is 0.467 e. The number of aliphatic imine (C=N–C) groups is 1. The number of anilines is 5. The van der Waals surface area contributed by atoms with Gasteiger partial charge in [-0.1, -0.05) is 34.4 Å². The van der Waals surface area contributed by atoms with Crippen LogP contribution in [-0.2, 0) is 39.0 Å². The maximum Gasteiger partial charge on any atom is 0.322 e. The fraction of sp³-hybridized carbons (Fsp3) is 0.192. The number of benzene rings is 2. The highest BCUT2D eigenvalue weighted by Crippen LogP contribution is 2.31. The van der Waals surface area contributed by atoms with E-state index in [9.17, 15) is 21.4 Å². The second-order valence-corrected chi connectivity index (χ2v) is 14.1. The zero-order valence-corrected chi connectivity index (χ0v) is 30.7. The Bertz CT molecular complexity index is 2180. The molecule has 2 aromatic carbocycles. The molecule has 4 aromatic rings.